The molecule has 1 N–H and O–H groups in total. The lowest BCUT2D eigenvalue weighted by Gasteiger charge is -2.39. The number of carbonyl (C=O) groups is 1. The topological polar surface area (TPSA) is 68.0 Å². The summed E-state index contributed by atoms with van der Waals surface area (Å²) < 4.78 is 1.71. The fourth-order valence-electron chi connectivity index (χ4n) is 2.86. The highest BCUT2D eigenvalue weighted by Crippen LogP contribution is 2.45. The van der Waals surface area contributed by atoms with Crippen LogP contribution in [0.5, 0.6) is 0 Å². The maximum atomic E-state index is 11.5. The molecule has 1 fully saturated rings. The molecule has 1 aliphatic rings. The van der Waals surface area contributed by atoms with Gasteiger partial charge in [0, 0.05) is 12.3 Å². The second-order valence-corrected chi connectivity index (χ2v) is 7.85. The molecule has 1 saturated carbocycles. The molecule has 1 heterocycles. The van der Waals surface area contributed by atoms with Crippen LogP contribution in [0.25, 0.3) is 0 Å². The zero-order chi connectivity index (χ0) is 14.9. The highest BCUT2D eigenvalue weighted by molar-refractivity contribution is 7.99. The Morgan fingerprint density at radius 3 is 2.65 bits per heavy atom. The van der Waals surface area contributed by atoms with E-state index in [-0.39, 0.29) is 16.6 Å². The van der Waals surface area contributed by atoms with E-state index in [1.807, 2.05) is 7.05 Å². The van der Waals surface area contributed by atoms with Crippen LogP contribution in [0.15, 0.2) is 11.5 Å². The number of hydrogen-bond donors (Lipinski definition) is 1. The minimum absolute atomic E-state index is 0.0772. The Morgan fingerprint density at radius 1 is 1.45 bits per heavy atom. The fourth-order valence-corrected chi connectivity index (χ4v) is 4.18. The van der Waals surface area contributed by atoms with Gasteiger partial charge in [-0.1, -0.05) is 32.5 Å². The first-order valence-corrected chi connectivity index (χ1v) is 7.90. The van der Waals surface area contributed by atoms with E-state index >= 15 is 0 Å². The number of rotatable bonds is 3. The highest BCUT2D eigenvalue weighted by Gasteiger charge is 2.40. The van der Waals surface area contributed by atoms with Gasteiger partial charge in [-0.15, -0.1) is 0 Å². The molecule has 0 radical (unpaired) electrons. The van der Waals surface area contributed by atoms with Gasteiger partial charge in [0.25, 0.3) is 0 Å². The molecule has 0 amide bonds. The summed E-state index contributed by atoms with van der Waals surface area (Å²) in [5.74, 6) is -0.406. The molecule has 6 heteroatoms. The largest absolute Gasteiger partial charge is 0.481 e. The number of carboxylic acids is 1. The van der Waals surface area contributed by atoms with Gasteiger partial charge >= 0.3 is 5.97 Å². The molecule has 0 aromatic carbocycles. The van der Waals surface area contributed by atoms with Gasteiger partial charge in [0.15, 0.2) is 5.16 Å². The van der Waals surface area contributed by atoms with E-state index in [1.54, 1.807) is 16.4 Å². The van der Waals surface area contributed by atoms with Crippen molar-refractivity contribution in [1.82, 2.24) is 14.8 Å². The summed E-state index contributed by atoms with van der Waals surface area (Å²) in [6.07, 6.45) is 4.20. The quantitative estimate of drug-likeness (QED) is 0.929. The molecular formula is C14H23N3O2S. The van der Waals surface area contributed by atoms with Crippen molar-refractivity contribution < 1.29 is 9.90 Å². The minimum Gasteiger partial charge on any atom is -0.481 e. The van der Waals surface area contributed by atoms with Gasteiger partial charge < -0.3 is 5.11 Å². The average molecular weight is 297 g/mol. The van der Waals surface area contributed by atoms with Crippen molar-refractivity contribution in [3.8, 4) is 0 Å². The number of nitrogens with zero attached hydrogens (tertiary/aromatic N) is 3. The first-order chi connectivity index (χ1) is 9.29. The lowest BCUT2D eigenvalue weighted by molar-refractivity contribution is -0.143. The van der Waals surface area contributed by atoms with Gasteiger partial charge in [0.2, 0.25) is 0 Å². The zero-order valence-corrected chi connectivity index (χ0v) is 13.4. The van der Waals surface area contributed by atoms with Crippen LogP contribution >= 0.6 is 11.8 Å². The molecule has 0 spiro atoms. The lowest BCUT2D eigenvalue weighted by Crippen LogP contribution is -2.37. The van der Waals surface area contributed by atoms with Gasteiger partial charge in [-0.05, 0) is 30.6 Å². The van der Waals surface area contributed by atoms with E-state index in [0.29, 0.717) is 5.92 Å². The van der Waals surface area contributed by atoms with Gasteiger partial charge in [-0.25, -0.2) is 9.67 Å². The molecule has 20 heavy (non-hydrogen) atoms. The molecule has 0 saturated heterocycles. The summed E-state index contributed by atoms with van der Waals surface area (Å²) in [4.78, 5) is 15.7. The second kappa shape index (κ2) is 5.76. The van der Waals surface area contributed by atoms with Crippen LogP contribution in [0.4, 0.5) is 0 Å². The van der Waals surface area contributed by atoms with E-state index in [9.17, 15) is 9.90 Å². The van der Waals surface area contributed by atoms with E-state index < -0.39 is 5.97 Å². The Morgan fingerprint density at radius 2 is 2.15 bits per heavy atom. The number of aryl methyl sites for hydroxylation is 1. The first-order valence-electron chi connectivity index (χ1n) is 7.02. The number of thioether (sulfide) groups is 1. The van der Waals surface area contributed by atoms with Crippen molar-refractivity contribution in [2.45, 2.75) is 50.4 Å². The molecule has 5 nitrogen and oxygen atoms in total. The molecule has 1 aliphatic carbocycles. The van der Waals surface area contributed by atoms with Crippen molar-refractivity contribution in [1.29, 1.82) is 0 Å². The second-order valence-electron chi connectivity index (χ2n) is 6.64. The molecule has 1 aromatic heterocycles. The normalized spacial score (nSPS) is 27.5. The standard InChI is InChI=1S/C14H23N3O2S/c1-14(2,3)9-5-6-10(12(18)19)11(7-9)20-13-15-8-16-17(13)4/h8-11H,5-7H2,1-4H3,(H,18,19). The molecule has 3 atom stereocenters. The zero-order valence-electron chi connectivity index (χ0n) is 12.5. The predicted molar refractivity (Wildman–Crippen MR) is 78.6 cm³/mol. The van der Waals surface area contributed by atoms with E-state index in [4.69, 9.17) is 0 Å². The van der Waals surface area contributed by atoms with Crippen LogP contribution in [0.2, 0.25) is 0 Å². The van der Waals surface area contributed by atoms with E-state index in [0.717, 1.165) is 24.4 Å². The maximum absolute atomic E-state index is 11.5. The van der Waals surface area contributed by atoms with Crippen LogP contribution < -0.4 is 0 Å². The fraction of sp³-hybridized carbons (Fsp3) is 0.786. The molecule has 0 aliphatic heterocycles. The third-order valence-corrected chi connectivity index (χ3v) is 5.66. The van der Waals surface area contributed by atoms with Crippen LogP contribution in [0.3, 0.4) is 0 Å². The van der Waals surface area contributed by atoms with Crippen LogP contribution in [0, 0.1) is 17.3 Å². The number of aromatic nitrogens is 3. The Balaban J connectivity index is 2.15. The molecule has 112 valence electrons. The predicted octanol–water partition coefficient (Wildman–Crippen LogP) is 2.82. The lowest BCUT2D eigenvalue weighted by atomic mass is 9.69. The summed E-state index contributed by atoms with van der Waals surface area (Å²) in [6, 6.07) is 0. The smallest absolute Gasteiger partial charge is 0.307 e. The third kappa shape index (κ3) is 3.34. The number of aliphatic carboxylic acids is 1. The van der Waals surface area contributed by atoms with Crippen molar-refractivity contribution >= 4 is 17.7 Å². The Kier molecular flexibility index (Phi) is 4.42. The van der Waals surface area contributed by atoms with Crippen LogP contribution in [-0.2, 0) is 11.8 Å². The number of carboxylic acid groups (broad SMARTS) is 1. The Hall–Kier alpha value is -1.04. The van der Waals surface area contributed by atoms with Gasteiger partial charge in [-0.3, -0.25) is 4.79 Å². The average Bonchev–Trinajstić information content (AvgIpc) is 2.73. The van der Waals surface area contributed by atoms with E-state index in [1.165, 1.54) is 6.33 Å². The van der Waals surface area contributed by atoms with Crippen LogP contribution in [0.1, 0.15) is 40.0 Å². The summed E-state index contributed by atoms with van der Waals surface area (Å²) in [5, 5.41) is 14.4. The molecule has 3 unspecified atom stereocenters. The molecule has 0 bridgehead atoms. The van der Waals surface area contributed by atoms with Crippen molar-refractivity contribution in [3.05, 3.63) is 6.33 Å². The van der Waals surface area contributed by atoms with Crippen LogP contribution in [-0.4, -0.2) is 31.1 Å². The van der Waals surface area contributed by atoms with Gasteiger partial charge in [0.05, 0.1) is 5.92 Å². The Bertz CT molecular complexity index is 481. The highest BCUT2D eigenvalue weighted by atomic mass is 32.2. The molecule has 2 rings (SSSR count). The first kappa shape index (κ1) is 15.4. The summed E-state index contributed by atoms with van der Waals surface area (Å²) >= 11 is 1.56. The summed E-state index contributed by atoms with van der Waals surface area (Å²) in [6.45, 7) is 6.72. The maximum Gasteiger partial charge on any atom is 0.307 e. The van der Waals surface area contributed by atoms with E-state index in [2.05, 4.69) is 30.9 Å². The van der Waals surface area contributed by atoms with Crippen molar-refractivity contribution in [2.24, 2.45) is 24.3 Å². The van der Waals surface area contributed by atoms with Crippen molar-refractivity contribution in [2.75, 3.05) is 0 Å². The van der Waals surface area contributed by atoms with Crippen molar-refractivity contribution in [3.63, 3.8) is 0 Å². The Labute approximate surface area is 124 Å². The summed E-state index contributed by atoms with van der Waals surface area (Å²) in [5.41, 5.74) is 0.224. The third-order valence-electron chi connectivity index (χ3n) is 4.26. The molecular weight excluding hydrogens is 274 g/mol. The molecule has 1 aromatic rings. The SMILES string of the molecule is Cn1ncnc1SC1CC(C(C)(C)C)CCC1C(=O)O. The monoisotopic (exact) mass is 297 g/mol. The minimum atomic E-state index is -0.683. The van der Waals surface area contributed by atoms with Gasteiger partial charge in [0.1, 0.15) is 6.33 Å². The number of hydrogen-bond acceptors (Lipinski definition) is 4. The van der Waals surface area contributed by atoms with Gasteiger partial charge in [-0.2, -0.15) is 5.10 Å². The summed E-state index contributed by atoms with van der Waals surface area (Å²) in [7, 11) is 1.84.